The van der Waals surface area contributed by atoms with Crippen molar-refractivity contribution in [2.24, 2.45) is 5.92 Å². The molecule has 0 fully saturated rings. The van der Waals surface area contributed by atoms with Gasteiger partial charge in [-0.1, -0.05) is 13.0 Å². The third-order valence-corrected chi connectivity index (χ3v) is 2.18. The van der Waals surface area contributed by atoms with E-state index in [9.17, 15) is 14.0 Å². The molecule has 0 radical (unpaired) electrons. The molecule has 15 heavy (non-hydrogen) atoms. The van der Waals surface area contributed by atoms with Gasteiger partial charge in [0, 0.05) is 5.56 Å². The number of carbonyl (C=O) groups excluding carboxylic acids is 1. The molecule has 3 nitrogen and oxygen atoms in total. The summed E-state index contributed by atoms with van der Waals surface area (Å²) in [5.41, 5.74) is 0.768. The molecule has 0 aromatic heterocycles. The van der Waals surface area contributed by atoms with E-state index < -0.39 is 17.7 Å². The largest absolute Gasteiger partial charge is 0.481 e. The lowest BCUT2D eigenvalue weighted by Gasteiger charge is -2.08. The van der Waals surface area contributed by atoms with Crippen LogP contribution < -0.4 is 0 Å². The third kappa shape index (κ3) is 2.87. The molecule has 0 heterocycles. The second kappa shape index (κ2) is 4.68. The van der Waals surface area contributed by atoms with E-state index in [0.717, 1.165) is 6.07 Å². The molecule has 1 aromatic rings. The van der Waals surface area contributed by atoms with Crippen LogP contribution in [0.15, 0.2) is 18.2 Å². The van der Waals surface area contributed by atoms with Gasteiger partial charge in [-0.2, -0.15) is 0 Å². The maximum atomic E-state index is 12.8. The van der Waals surface area contributed by atoms with Gasteiger partial charge in [0.25, 0.3) is 0 Å². The van der Waals surface area contributed by atoms with Crippen LogP contribution in [0.3, 0.4) is 0 Å². The van der Waals surface area contributed by atoms with Gasteiger partial charge in [-0.3, -0.25) is 9.59 Å². The Labute approximate surface area is 86.5 Å². The molecule has 0 amide bonds. The van der Waals surface area contributed by atoms with Gasteiger partial charge in [0.1, 0.15) is 12.1 Å². The Morgan fingerprint density at radius 3 is 2.80 bits per heavy atom. The summed E-state index contributed by atoms with van der Waals surface area (Å²) in [6, 6.07) is 3.77. The van der Waals surface area contributed by atoms with E-state index in [4.69, 9.17) is 5.11 Å². The van der Waals surface area contributed by atoms with Gasteiger partial charge in [-0.15, -0.1) is 0 Å². The highest BCUT2D eigenvalue weighted by molar-refractivity contribution is 5.78. The van der Waals surface area contributed by atoms with Crippen LogP contribution in [-0.4, -0.2) is 17.4 Å². The van der Waals surface area contributed by atoms with E-state index in [1.54, 1.807) is 6.92 Å². The maximum Gasteiger partial charge on any atom is 0.306 e. The van der Waals surface area contributed by atoms with E-state index in [1.165, 1.54) is 12.1 Å². The third-order valence-electron chi connectivity index (χ3n) is 2.18. The van der Waals surface area contributed by atoms with Crippen LogP contribution in [0.4, 0.5) is 4.39 Å². The van der Waals surface area contributed by atoms with Gasteiger partial charge < -0.3 is 5.11 Å². The minimum absolute atomic E-state index is 0.211. The van der Waals surface area contributed by atoms with E-state index in [1.807, 2.05) is 0 Å². The zero-order valence-electron chi connectivity index (χ0n) is 8.24. The molecule has 0 saturated carbocycles. The van der Waals surface area contributed by atoms with Crippen molar-refractivity contribution in [3.8, 4) is 0 Å². The Hall–Kier alpha value is -1.71. The van der Waals surface area contributed by atoms with Crippen molar-refractivity contribution >= 4 is 12.3 Å². The summed E-state index contributed by atoms with van der Waals surface area (Å²) >= 11 is 0. The zero-order chi connectivity index (χ0) is 11.4. The average Bonchev–Trinajstić information content (AvgIpc) is 2.20. The lowest BCUT2D eigenvalue weighted by molar-refractivity contribution is -0.141. The molecule has 0 aliphatic carbocycles. The molecule has 0 aliphatic heterocycles. The highest BCUT2D eigenvalue weighted by Gasteiger charge is 2.14. The van der Waals surface area contributed by atoms with Crippen molar-refractivity contribution in [1.29, 1.82) is 0 Å². The van der Waals surface area contributed by atoms with Gasteiger partial charge in [0.2, 0.25) is 0 Å². The highest BCUT2D eigenvalue weighted by atomic mass is 19.1. The van der Waals surface area contributed by atoms with Crippen LogP contribution in [-0.2, 0) is 11.2 Å². The zero-order valence-corrected chi connectivity index (χ0v) is 8.24. The molecule has 0 saturated heterocycles. The number of carbonyl (C=O) groups is 2. The summed E-state index contributed by atoms with van der Waals surface area (Å²) in [5, 5.41) is 8.70. The Bertz CT molecular complexity index is 387. The smallest absolute Gasteiger partial charge is 0.306 e. The Kier molecular flexibility index (Phi) is 3.55. The number of hydrogen-bond donors (Lipinski definition) is 1. The van der Waals surface area contributed by atoms with Crippen LogP contribution in [0, 0.1) is 11.7 Å². The van der Waals surface area contributed by atoms with Crippen molar-refractivity contribution in [2.75, 3.05) is 0 Å². The van der Waals surface area contributed by atoms with Crippen LogP contribution >= 0.6 is 0 Å². The Morgan fingerprint density at radius 2 is 2.27 bits per heavy atom. The fraction of sp³-hybridized carbons (Fsp3) is 0.273. The number of benzene rings is 1. The Balaban J connectivity index is 2.94. The number of aldehydes is 1. The van der Waals surface area contributed by atoms with Gasteiger partial charge in [-0.05, 0) is 24.1 Å². The molecule has 1 aromatic carbocycles. The lowest BCUT2D eigenvalue weighted by atomic mass is 9.97. The lowest BCUT2D eigenvalue weighted by Crippen LogP contribution is -2.13. The minimum Gasteiger partial charge on any atom is -0.481 e. The molecule has 1 unspecified atom stereocenters. The summed E-state index contributed by atoms with van der Waals surface area (Å²) in [6.07, 6.45) is 0.761. The van der Waals surface area contributed by atoms with Crippen LogP contribution in [0.2, 0.25) is 0 Å². The summed E-state index contributed by atoms with van der Waals surface area (Å²) in [7, 11) is 0. The highest BCUT2D eigenvalue weighted by Crippen LogP contribution is 2.14. The van der Waals surface area contributed by atoms with E-state index in [-0.39, 0.29) is 12.0 Å². The summed E-state index contributed by atoms with van der Waals surface area (Å²) in [4.78, 5) is 21.2. The molecule has 80 valence electrons. The van der Waals surface area contributed by atoms with Crippen molar-refractivity contribution in [2.45, 2.75) is 13.3 Å². The fourth-order valence-electron chi connectivity index (χ4n) is 1.28. The first-order valence-corrected chi connectivity index (χ1v) is 4.51. The van der Waals surface area contributed by atoms with E-state index >= 15 is 0 Å². The molecule has 1 rings (SSSR count). The van der Waals surface area contributed by atoms with Gasteiger partial charge in [0.05, 0.1) is 5.92 Å². The molecule has 4 heteroatoms. The number of carboxylic acid groups (broad SMARTS) is 1. The van der Waals surface area contributed by atoms with Crippen LogP contribution in [0.5, 0.6) is 0 Å². The number of carboxylic acids is 1. The van der Waals surface area contributed by atoms with E-state index in [0.29, 0.717) is 11.8 Å². The number of rotatable bonds is 4. The first-order valence-electron chi connectivity index (χ1n) is 4.51. The standard InChI is InChI=1S/C11H11FO3/c1-7(11(14)15)4-8-2-3-10(12)5-9(8)6-13/h2-3,5-7H,4H2,1H3,(H,14,15). The van der Waals surface area contributed by atoms with Crippen molar-refractivity contribution in [3.05, 3.63) is 35.1 Å². The molecular weight excluding hydrogens is 199 g/mol. The summed E-state index contributed by atoms with van der Waals surface area (Å²) < 4.78 is 12.8. The monoisotopic (exact) mass is 210 g/mol. The number of hydrogen-bond acceptors (Lipinski definition) is 2. The Morgan fingerprint density at radius 1 is 1.60 bits per heavy atom. The summed E-state index contributed by atoms with van der Waals surface area (Å²) in [6.45, 7) is 1.54. The molecule has 0 bridgehead atoms. The predicted molar refractivity (Wildman–Crippen MR) is 52.3 cm³/mol. The second-order valence-corrected chi connectivity index (χ2v) is 3.40. The molecule has 0 spiro atoms. The number of halogens is 1. The van der Waals surface area contributed by atoms with Crippen molar-refractivity contribution in [3.63, 3.8) is 0 Å². The van der Waals surface area contributed by atoms with Crippen molar-refractivity contribution < 1.29 is 19.1 Å². The first kappa shape index (κ1) is 11.4. The van der Waals surface area contributed by atoms with Gasteiger partial charge in [-0.25, -0.2) is 4.39 Å². The average molecular weight is 210 g/mol. The van der Waals surface area contributed by atoms with Crippen LogP contribution in [0.25, 0.3) is 0 Å². The summed E-state index contributed by atoms with van der Waals surface area (Å²) in [5.74, 6) is -2.02. The van der Waals surface area contributed by atoms with Gasteiger partial charge >= 0.3 is 5.97 Å². The molecule has 0 aliphatic rings. The van der Waals surface area contributed by atoms with Crippen molar-refractivity contribution in [1.82, 2.24) is 0 Å². The molecule has 1 N–H and O–H groups in total. The predicted octanol–water partition coefficient (Wildman–Crippen LogP) is 1.90. The fourth-order valence-corrected chi connectivity index (χ4v) is 1.28. The minimum atomic E-state index is -0.934. The topological polar surface area (TPSA) is 54.4 Å². The second-order valence-electron chi connectivity index (χ2n) is 3.40. The number of aliphatic carboxylic acids is 1. The maximum absolute atomic E-state index is 12.8. The quantitative estimate of drug-likeness (QED) is 0.772. The SMILES string of the molecule is CC(Cc1ccc(F)cc1C=O)C(=O)O. The first-order chi connectivity index (χ1) is 7.04. The van der Waals surface area contributed by atoms with E-state index in [2.05, 4.69) is 0 Å². The molecular formula is C11H11FO3. The molecule has 1 atom stereocenters. The van der Waals surface area contributed by atoms with Crippen LogP contribution in [0.1, 0.15) is 22.8 Å². The normalized spacial score (nSPS) is 12.1. The van der Waals surface area contributed by atoms with Gasteiger partial charge in [0.15, 0.2) is 0 Å².